The molecule has 0 aliphatic carbocycles. The zero-order chi connectivity index (χ0) is 22.4. The van der Waals surface area contributed by atoms with Crippen LogP contribution in [0.15, 0.2) is 77.7 Å². The number of nitrogens with zero attached hydrogens (tertiary/aromatic N) is 1. The van der Waals surface area contributed by atoms with E-state index in [9.17, 15) is 23.3 Å². The van der Waals surface area contributed by atoms with E-state index in [0.29, 0.717) is 23.6 Å². The van der Waals surface area contributed by atoms with Gasteiger partial charge in [0.15, 0.2) is 0 Å². The summed E-state index contributed by atoms with van der Waals surface area (Å²) in [6.07, 6.45) is 0.643. The molecule has 3 aromatic carbocycles. The highest BCUT2D eigenvalue weighted by atomic mass is 35.5. The van der Waals surface area contributed by atoms with Crippen molar-refractivity contribution in [3.8, 4) is 0 Å². The number of rotatable bonds is 8. The van der Waals surface area contributed by atoms with Crippen LogP contribution in [0.4, 0.5) is 11.4 Å². The molecule has 0 aromatic heterocycles. The fraction of sp³-hybridized carbons (Fsp3) is 0.0952. The Bertz CT molecular complexity index is 1200. The maximum Gasteiger partial charge on any atom is 0.270 e. The molecule has 0 fully saturated rings. The highest BCUT2D eigenvalue weighted by Crippen LogP contribution is 2.20. The Hall–Kier alpha value is -3.43. The highest BCUT2D eigenvalue weighted by Gasteiger charge is 2.18. The first kappa shape index (κ1) is 22.3. The number of benzene rings is 3. The summed E-state index contributed by atoms with van der Waals surface area (Å²) >= 11 is 5.84. The summed E-state index contributed by atoms with van der Waals surface area (Å²) in [6, 6.07) is 18.0. The lowest BCUT2D eigenvalue weighted by atomic mass is 10.1. The SMILES string of the molecule is O=C(NCCc1ccc(Cl)cc1)c1ccc(NS(=O)(=O)c2cccc([N+](=O)[O-])c2)cc1. The Kier molecular flexibility index (Phi) is 6.88. The van der Waals surface area contributed by atoms with Crippen molar-refractivity contribution >= 4 is 38.9 Å². The van der Waals surface area contributed by atoms with Crippen LogP contribution in [0.2, 0.25) is 5.02 Å². The second-order valence-electron chi connectivity index (χ2n) is 6.57. The smallest absolute Gasteiger partial charge is 0.270 e. The molecule has 0 saturated carbocycles. The first-order valence-electron chi connectivity index (χ1n) is 9.14. The molecule has 0 unspecified atom stereocenters. The zero-order valence-electron chi connectivity index (χ0n) is 16.1. The fourth-order valence-electron chi connectivity index (χ4n) is 2.74. The summed E-state index contributed by atoms with van der Waals surface area (Å²) in [5.41, 5.74) is 1.31. The standard InChI is InChI=1S/C21H18ClN3O5S/c22-17-8-4-15(5-9-17)12-13-23-21(26)16-6-10-18(11-7-16)24-31(29,30)20-3-1-2-19(14-20)25(27)28/h1-11,14,24H,12-13H2,(H,23,26). The van der Waals surface area contributed by atoms with Crippen molar-refractivity contribution in [1.29, 1.82) is 0 Å². The molecule has 1 amide bonds. The number of sulfonamides is 1. The monoisotopic (exact) mass is 459 g/mol. The minimum atomic E-state index is -4.01. The van der Waals surface area contributed by atoms with Gasteiger partial charge in [-0.3, -0.25) is 19.6 Å². The number of non-ortho nitro benzene ring substituents is 1. The topological polar surface area (TPSA) is 118 Å². The number of anilines is 1. The summed E-state index contributed by atoms with van der Waals surface area (Å²) < 4.78 is 27.3. The van der Waals surface area contributed by atoms with E-state index < -0.39 is 14.9 Å². The van der Waals surface area contributed by atoms with Gasteiger partial charge in [-0.25, -0.2) is 8.42 Å². The lowest BCUT2D eigenvalue weighted by Gasteiger charge is -2.09. The highest BCUT2D eigenvalue weighted by molar-refractivity contribution is 7.92. The van der Waals surface area contributed by atoms with Crippen molar-refractivity contribution < 1.29 is 18.1 Å². The predicted octanol–water partition coefficient (Wildman–Crippen LogP) is 4.02. The summed E-state index contributed by atoms with van der Waals surface area (Å²) in [5.74, 6) is -0.290. The van der Waals surface area contributed by atoms with Gasteiger partial charge in [0.1, 0.15) is 0 Å². The number of hydrogen-bond acceptors (Lipinski definition) is 5. The first-order chi connectivity index (χ1) is 14.7. The Morgan fingerprint density at radius 1 is 1.00 bits per heavy atom. The van der Waals surface area contributed by atoms with E-state index in [2.05, 4.69) is 10.0 Å². The van der Waals surface area contributed by atoms with Crippen molar-refractivity contribution in [2.45, 2.75) is 11.3 Å². The van der Waals surface area contributed by atoms with Crippen LogP contribution < -0.4 is 10.0 Å². The summed E-state index contributed by atoms with van der Waals surface area (Å²) in [5, 5.41) is 14.3. The number of nitro benzene ring substituents is 1. The molecule has 0 saturated heterocycles. The van der Waals surface area contributed by atoms with Crippen LogP contribution in [-0.2, 0) is 16.4 Å². The molecule has 0 aliphatic rings. The second kappa shape index (κ2) is 9.59. The lowest BCUT2D eigenvalue weighted by molar-refractivity contribution is -0.385. The van der Waals surface area contributed by atoms with Gasteiger partial charge in [-0.05, 0) is 54.4 Å². The molecule has 0 atom stereocenters. The Balaban J connectivity index is 1.60. The average molecular weight is 460 g/mol. The van der Waals surface area contributed by atoms with E-state index in [1.807, 2.05) is 12.1 Å². The predicted molar refractivity (Wildman–Crippen MR) is 118 cm³/mol. The van der Waals surface area contributed by atoms with Crippen LogP contribution in [0, 0.1) is 10.1 Å². The third kappa shape index (κ3) is 6.03. The van der Waals surface area contributed by atoms with Crippen molar-refractivity contribution in [3.05, 3.63) is 99.1 Å². The van der Waals surface area contributed by atoms with E-state index in [0.717, 1.165) is 11.6 Å². The number of nitro groups is 1. The molecule has 8 nitrogen and oxygen atoms in total. The van der Waals surface area contributed by atoms with Crippen LogP contribution >= 0.6 is 11.6 Å². The van der Waals surface area contributed by atoms with Gasteiger partial charge >= 0.3 is 0 Å². The van der Waals surface area contributed by atoms with E-state index in [1.54, 1.807) is 12.1 Å². The Labute approximate surface area is 184 Å². The molecule has 3 aromatic rings. The van der Waals surface area contributed by atoms with Gasteiger partial charge in [0.25, 0.3) is 21.6 Å². The molecule has 10 heteroatoms. The fourth-order valence-corrected chi connectivity index (χ4v) is 3.97. The van der Waals surface area contributed by atoms with Gasteiger partial charge in [-0.1, -0.05) is 29.8 Å². The van der Waals surface area contributed by atoms with E-state index in [1.165, 1.54) is 42.5 Å². The van der Waals surface area contributed by atoms with Crippen LogP contribution in [0.5, 0.6) is 0 Å². The van der Waals surface area contributed by atoms with E-state index >= 15 is 0 Å². The van der Waals surface area contributed by atoms with Gasteiger partial charge in [-0.2, -0.15) is 0 Å². The number of nitrogens with one attached hydrogen (secondary N) is 2. The first-order valence-corrected chi connectivity index (χ1v) is 11.0. The number of carbonyl (C=O) groups excluding carboxylic acids is 1. The van der Waals surface area contributed by atoms with Gasteiger partial charge in [0.2, 0.25) is 0 Å². The molecular weight excluding hydrogens is 442 g/mol. The minimum Gasteiger partial charge on any atom is -0.352 e. The Morgan fingerprint density at radius 2 is 1.68 bits per heavy atom. The molecule has 0 aliphatic heterocycles. The summed E-state index contributed by atoms with van der Waals surface area (Å²) in [7, 11) is -4.01. The minimum absolute atomic E-state index is 0.226. The lowest BCUT2D eigenvalue weighted by Crippen LogP contribution is -2.25. The number of amides is 1. The van der Waals surface area contributed by atoms with Gasteiger partial charge in [0.05, 0.1) is 9.82 Å². The van der Waals surface area contributed by atoms with Crippen LogP contribution in [0.25, 0.3) is 0 Å². The molecule has 0 bridgehead atoms. The van der Waals surface area contributed by atoms with Crippen molar-refractivity contribution in [3.63, 3.8) is 0 Å². The maximum absolute atomic E-state index is 12.5. The van der Waals surface area contributed by atoms with Gasteiger partial charge < -0.3 is 5.32 Å². The third-order valence-corrected chi connectivity index (χ3v) is 5.98. The van der Waals surface area contributed by atoms with Crippen LogP contribution in [0.1, 0.15) is 15.9 Å². The third-order valence-electron chi connectivity index (χ3n) is 4.35. The van der Waals surface area contributed by atoms with E-state index in [-0.39, 0.29) is 22.2 Å². The quantitative estimate of drug-likeness (QED) is 0.389. The maximum atomic E-state index is 12.5. The normalized spacial score (nSPS) is 11.0. The van der Waals surface area contributed by atoms with E-state index in [4.69, 9.17) is 11.6 Å². The summed E-state index contributed by atoms with van der Waals surface area (Å²) in [4.78, 5) is 22.2. The molecule has 160 valence electrons. The molecule has 0 spiro atoms. The molecule has 0 heterocycles. The van der Waals surface area contributed by atoms with Crippen LogP contribution in [0.3, 0.4) is 0 Å². The molecular formula is C21H18ClN3O5S. The molecule has 31 heavy (non-hydrogen) atoms. The van der Waals surface area contributed by atoms with Gasteiger partial charge in [-0.15, -0.1) is 0 Å². The van der Waals surface area contributed by atoms with Crippen molar-refractivity contribution in [2.75, 3.05) is 11.3 Å². The Morgan fingerprint density at radius 3 is 2.32 bits per heavy atom. The number of halogens is 1. The molecule has 3 rings (SSSR count). The van der Waals surface area contributed by atoms with Gasteiger partial charge in [0, 0.05) is 35.0 Å². The molecule has 2 N–H and O–H groups in total. The van der Waals surface area contributed by atoms with Crippen molar-refractivity contribution in [2.24, 2.45) is 0 Å². The number of hydrogen-bond donors (Lipinski definition) is 2. The second-order valence-corrected chi connectivity index (χ2v) is 8.69. The average Bonchev–Trinajstić information content (AvgIpc) is 2.75. The van der Waals surface area contributed by atoms with Crippen LogP contribution in [-0.4, -0.2) is 25.8 Å². The molecule has 0 radical (unpaired) electrons. The summed E-state index contributed by atoms with van der Waals surface area (Å²) in [6.45, 7) is 0.432. The largest absolute Gasteiger partial charge is 0.352 e. The number of carbonyl (C=O) groups is 1. The zero-order valence-corrected chi connectivity index (χ0v) is 17.7. The van der Waals surface area contributed by atoms with Crippen molar-refractivity contribution in [1.82, 2.24) is 5.32 Å².